The quantitative estimate of drug-likeness (QED) is 0.406. The van der Waals surface area contributed by atoms with E-state index in [0.717, 1.165) is 36.9 Å². The summed E-state index contributed by atoms with van der Waals surface area (Å²) in [6.07, 6.45) is 7.76. The smallest absolute Gasteiger partial charge is 0.416 e. The molecule has 206 valence electrons. The highest BCUT2D eigenvalue weighted by Gasteiger charge is 2.27. The molecule has 0 saturated heterocycles. The third-order valence-electron chi connectivity index (χ3n) is 6.30. The van der Waals surface area contributed by atoms with E-state index in [1.54, 1.807) is 4.90 Å². The van der Waals surface area contributed by atoms with Crippen LogP contribution in [0.4, 0.5) is 10.6 Å². The number of hydrogen-bond donors (Lipinski definition) is 1. The average Bonchev–Trinajstić information content (AvgIpc) is 3.07. The van der Waals surface area contributed by atoms with Gasteiger partial charge < -0.3 is 14.6 Å². The number of rotatable bonds is 11. The molecule has 1 aliphatic heterocycles. The van der Waals surface area contributed by atoms with Crippen molar-refractivity contribution in [2.45, 2.75) is 90.1 Å². The molecular weight excluding hydrogens is 488 g/mol. The van der Waals surface area contributed by atoms with Gasteiger partial charge in [-0.1, -0.05) is 6.07 Å². The first-order valence-electron chi connectivity index (χ1n) is 13.1. The van der Waals surface area contributed by atoms with Crippen LogP contribution in [0.5, 0.6) is 6.01 Å². The van der Waals surface area contributed by atoms with Crippen molar-refractivity contribution in [1.82, 2.24) is 15.0 Å². The molecule has 3 heterocycles. The highest BCUT2D eigenvalue weighted by molar-refractivity contribution is 5.87. The van der Waals surface area contributed by atoms with Gasteiger partial charge in [0.15, 0.2) is 0 Å². The predicted octanol–water partition coefficient (Wildman–Crippen LogP) is 4.89. The Kier molecular flexibility index (Phi) is 10.2. The molecule has 10 nitrogen and oxygen atoms in total. The number of methoxy groups -OCH3 is 1. The zero-order valence-electron chi connectivity index (χ0n) is 22.7. The van der Waals surface area contributed by atoms with Crippen LogP contribution >= 0.6 is 0 Å². The van der Waals surface area contributed by atoms with Gasteiger partial charge >= 0.3 is 18.1 Å². The first kappa shape index (κ1) is 29.0. The molecule has 38 heavy (non-hydrogen) atoms. The molecule has 1 amide bonds. The Labute approximate surface area is 223 Å². The highest BCUT2D eigenvalue weighted by atomic mass is 16.6. The monoisotopic (exact) mass is 526 g/mol. The summed E-state index contributed by atoms with van der Waals surface area (Å²) in [7, 11) is 1.45. The molecule has 0 aromatic carbocycles. The maximum Gasteiger partial charge on any atom is 0.416 e. The van der Waals surface area contributed by atoms with Gasteiger partial charge in [-0.25, -0.2) is 19.7 Å². The number of amides is 1. The van der Waals surface area contributed by atoms with Crippen molar-refractivity contribution in [3.05, 3.63) is 41.3 Å². The van der Waals surface area contributed by atoms with Gasteiger partial charge in [-0.3, -0.25) is 14.5 Å². The van der Waals surface area contributed by atoms with Gasteiger partial charge in [0.25, 0.3) is 0 Å². The minimum Gasteiger partial charge on any atom is -0.481 e. The van der Waals surface area contributed by atoms with E-state index in [4.69, 9.17) is 14.5 Å². The summed E-state index contributed by atoms with van der Waals surface area (Å²) in [5.41, 5.74) is 1.92. The van der Waals surface area contributed by atoms with Crippen LogP contribution in [0.2, 0.25) is 0 Å². The SMILES string of the molecule is COc1ncc(C(CC(=O)O)CC(=O)CCCCc2ccc3c(n2)N(C(=O)OC(C)(C)C)CCCC3)cn1. The van der Waals surface area contributed by atoms with E-state index in [1.807, 2.05) is 32.9 Å². The molecule has 3 rings (SSSR count). The number of aliphatic carboxylic acids is 1. The zero-order chi connectivity index (χ0) is 27.7. The molecule has 0 spiro atoms. The normalized spacial score (nSPS) is 14.3. The number of nitrogens with zero attached hydrogens (tertiary/aromatic N) is 4. The number of carbonyl (C=O) groups excluding carboxylic acids is 2. The van der Waals surface area contributed by atoms with Crippen molar-refractivity contribution in [1.29, 1.82) is 0 Å². The lowest BCUT2D eigenvalue weighted by Crippen LogP contribution is -2.38. The second-order valence-corrected chi connectivity index (χ2v) is 10.6. The molecule has 0 fully saturated rings. The Balaban J connectivity index is 1.56. The predicted molar refractivity (Wildman–Crippen MR) is 142 cm³/mol. The van der Waals surface area contributed by atoms with Crippen molar-refractivity contribution in [3.8, 4) is 6.01 Å². The van der Waals surface area contributed by atoms with Gasteiger partial charge in [0.05, 0.1) is 13.5 Å². The van der Waals surface area contributed by atoms with Crippen LogP contribution in [-0.2, 0) is 27.2 Å². The molecule has 1 N–H and O–H groups in total. The number of carboxylic acids is 1. The van der Waals surface area contributed by atoms with Crippen LogP contribution in [0, 0.1) is 0 Å². The van der Waals surface area contributed by atoms with Gasteiger partial charge in [-0.15, -0.1) is 0 Å². The second-order valence-electron chi connectivity index (χ2n) is 10.6. The first-order chi connectivity index (χ1) is 18.1. The van der Waals surface area contributed by atoms with Crippen molar-refractivity contribution in [3.63, 3.8) is 0 Å². The zero-order valence-corrected chi connectivity index (χ0v) is 22.7. The number of ether oxygens (including phenoxy) is 2. The van der Waals surface area contributed by atoms with Crippen LogP contribution in [0.25, 0.3) is 0 Å². The van der Waals surface area contributed by atoms with Gasteiger partial charge in [0.1, 0.15) is 17.2 Å². The van der Waals surface area contributed by atoms with E-state index in [1.165, 1.54) is 19.5 Å². The van der Waals surface area contributed by atoms with E-state index in [-0.39, 0.29) is 30.7 Å². The number of pyridine rings is 1. The van der Waals surface area contributed by atoms with Gasteiger partial charge in [0, 0.05) is 43.4 Å². The van der Waals surface area contributed by atoms with Crippen molar-refractivity contribution in [2.75, 3.05) is 18.6 Å². The minimum absolute atomic E-state index is 0.00180. The lowest BCUT2D eigenvalue weighted by molar-refractivity contribution is -0.137. The average molecular weight is 527 g/mol. The lowest BCUT2D eigenvalue weighted by atomic mass is 9.91. The van der Waals surface area contributed by atoms with Gasteiger partial charge in [-0.2, -0.15) is 0 Å². The Morgan fingerprint density at radius 1 is 1.08 bits per heavy atom. The molecule has 1 aliphatic rings. The number of Topliss-reactive ketones (excluding diaryl/α,β-unsaturated/α-hetero) is 1. The van der Waals surface area contributed by atoms with Crippen LogP contribution < -0.4 is 9.64 Å². The Bertz CT molecular complexity index is 1110. The molecule has 0 saturated carbocycles. The third kappa shape index (κ3) is 8.78. The Morgan fingerprint density at radius 2 is 1.82 bits per heavy atom. The molecule has 0 bridgehead atoms. The highest BCUT2D eigenvalue weighted by Crippen LogP contribution is 2.28. The van der Waals surface area contributed by atoms with E-state index in [9.17, 15) is 19.5 Å². The van der Waals surface area contributed by atoms with E-state index < -0.39 is 17.5 Å². The van der Waals surface area contributed by atoms with Crippen molar-refractivity contribution >= 4 is 23.7 Å². The van der Waals surface area contributed by atoms with Crippen LogP contribution in [0.1, 0.15) is 88.5 Å². The number of ketones is 1. The summed E-state index contributed by atoms with van der Waals surface area (Å²) < 4.78 is 10.6. The molecular formula is C28H38N4O6. The summed E-state index contributed by atoms with van der Waals surface area (Å²) in [5, 5.41) is 9.29. The summed E-state index contributed by atoms with van der Waals surface area (Å²) in [6, 6.07) is 4.22. The number of carbonyl (C=O) groups is 3. The molecule has 1 atom stereocenters. The number of hydrogen-bond acceptors (Lipinski definition) is 8. The topological polar surface area (TPSA) is 132 Å². The third-order valence-corrected chi connectivity index (χ3v) is 6.30. The fraction of sp³-hybridized carbons (Fsp3) is 0.571. The minimum atomic E-state index is -0.978. The second kappa shape index (κ2) is 13.3. The number of aromatic nitrogens is 3. The summed E-state index contributed by atoms with van der Waals surface area (Å²) in [4.78, 5) is 51.4. The van der Waals surface area contributed by atoms with Crippen LogP contribution in [0.15, 0.2) is 24.5 Å². The van der Waals surface area contributed by atoms with Crippen molar-refractivity contribution in [2.24, 2.45) is 0 Å². The van der Waals surface area contributed by atoms with E-state index in [2.05, 4.69) is 9.97 Å². The molecule has 1 unspecified atom stereocenters. The number of carboxylic acid groups (broad SMARTS) is 1. The maximum atomic E-state index is 12.8. The number of unbranched alkanes of at least 4 members (excludes halogenated alkanes) is 1. The summed E-state index contributed by atoms with van der Waals surface area (Å²) in [5.74, 6) is -0.800. The number of aryl methyl sites for hydroxylation is 2. The number of fused-ring (bicyclic) bond motifs is 1. The first-order valence-corrected chi connectivity index (χ1v) is 13.1. The van der Waals surface area contributed by atoms with E-state index in [0.29, 0.717) is 37.2 Å². The maximum absolute atomic E-state index is 12.8. The number of anilines is 1. The van der Waals surface area contributed by atoms with Gasteiger partial charge in [0.2, 0.25) is 0 Å². The van der Waals surface area contributed by atoms with Crippen LogP contribution in [-0.4, -0.2) is 57.2 Å². The van der Waals surface area contributed by atoms with Gasteiger partial charge in [-0.05, 0) is 76.5 Å². The summed E-state index contributed by atoms with van der Waals surface area (Å²) >= 11 is 0. The molecule has 0 radical (unpaired) electrons. The standard InChI is InChI=1S/C28H38N4O6/c1-28(2,3)38-27(36)32-14-8-7-9-19-12-13-22(31-25(19)32)10-5-6-11-23(33)15-20(16-24(34)35)21-17-29-26(37-4)30-18-21/h12-13,17-18,20H,5-11,14-16H2,1-4H3,(H,34,35). The largest absolute Gasteiger partial charge is 0.481 e. The fourth-order valence-corrected chi connectivity index (χ4v) is 4.44. The molecule has 0 aliphatic carbocycles. The van der Waals surface area contributed by atoms with E-state index >= 15 is 0 Å². The molecule has 10 heteroatoms. The fourth-order valence-electron chi connectivity index (χ4n) is 4.44. The Hall–Kier alpha value is -3.56. The van der Waals surface area contributed by atoms with Crippen LogP contribution in [0.3, 0.4) is 0 Å². The Morgan fingerprint density at radius 3 is 2.47 bits per heavy atom. The summed E-state index contributed by atoms with van der Waals surface area (Å²) in [6.45, 7) is 6.12. The van der Waals surface area contributed by atoms with Crippen molar-refractivity contribution < 1.29 is 29.0 Å². The molecule has 2 aromatic rings. The lowest BCUT2D eigenvalue weighted by Gasteiger charge is -2.27. The molecule has 2 aromatic heterocycles.